The van der Waals surface area contributed by atoms with Crippen molar-refractivity contribution in [2.24, 2.45) is 7.05 Å². The SMILES string of the molecule is CC(C)NCC(C)NCc1cn(C)nn1. The predicted octanol–water partition coefficient (Wildman–Crippen LogP) is 0.291. The molecule has 0 radical (unpaired) electrons. The Labute approximate surface area is 91.2 Å². The van der Waals surface area contributed by atoms with Crippen LogP contribution < -0.4 is 10.6 Å². The number of hydrogen-bond acceptors (Lipinski definition) is 4. The molecule has 0 bridgehead atoms. The summed E-state index contributed by atoms with van der Waals surface area (Å²) in [5, 5.41) is 14.7. The fraction of sp³-hybridized carbons (Fsp3) is 0.800. The summed E-state index contributed by atoms with van der Waals surface area (Å²) in [4.78, 5) is 0. The molecule has 15 heavy (non-hydrogen) atoms. The van der Waals surface area contributed by atoms with E-state index in [-0.39, 0.29) is 0 Å². The molecule has 0 spiro atoms. The van der Waals surface area contributed by atoms with Crippen LogP contribution in [0.5, 0.6) is 0 Å². The van der Waals surface area contributed by atoms with Crippen LogP contribution in [0.25, 0.3) is 0 Å². The van der Waals surface area contributed by atoms with Gasteiger partial charge in [0.2, 0.25) is 0 Å². The lowest BCUT2D eigenvalue weighted by Crippen LogP contribution is -2.38. The maximum Gasteiger partial charge on any atom is 0.0964 e. The summed E-state index contributed by atoms with van der Waals surface area (Å²) in [5.74, 6) is 0. The minimum atomic E-state index is 0.439. The maximum absolute atomic E-state index is 4.01. The van der Waals surface area contributed by atoms with Gasteiger partial charge < -0.3 is 10.6 Å². The molecule has 1 atom stereocenters. The van der Waals surface area contributed by atoms with Crippen LogP contribution in [-0.2, 0) is 13.6 Å². The molecule has 0 aromatic carbocycles. The summed E-state index contributed by atoms with van der Waals surface area (Å²) < 4.78 is 1.72. The zero-order chi connectivity index (χ0) is 11.3. The Balaban J connectivity index is 2.19. The van der Waals surface area contributed by atoms with E-state index in [1.165, 1.54) is 0 Å². The lowest BCUT2D eigenvalue weighted by molar-refractivity contribution is 0.471. The standard InChI is InChI=1S/C10H21N5/c1-8(2)11-5-9(3)12-6-10-7-15(4)14-13-10/h7-9,11-12H,5-6H2,1-4H3. The average molecular weight is 211 g/mol. The number of nitrogens with one attached hydrogen (secondary N) is 2. The van der Waals surface area contributed by atoms with Gasteiger partial charge in [-0.2, -0.15) is 0 Å². The van der Waals surface area contributed by atoms with Crippen molar-refractivity contribution in [1.29, 1.82) is 0 Å². The summed E-state index contributed by atoms with van der Waals surface area (Å²) in [7, 11) is 1.88. The van der Waals surface area contributed by atoms with Crippen LogP contribution in [-0.4, -0.2) is 33.6 Å². The van der Waals surface area contributed by atoms with Crippen LogP contribution in [0.2, 0.25) is 0 Å². The quantitative estimate of drug-likeness (QED) is 0.710. The molecular formula is C10H21N5. The highest BCUT2D eigenvalue weighted by molar-refractivity contribution is 4.91. The summed E-state index contributed by atoms with van der Waals surface area (Å²) in [6.07, 6.45) is 1.93. The highest BCUT2D eigenvalue weighted by Gasteiger charge is 2.03. The number of nitrogens with zero attached hydrogens (tertiary/aromatic N) is 3. The van der Waals surface area contributed by atoms with Crippen LogP contribution >= 0.6 is 0 Å². The fourth-order valence-corrected chi connectivity index (χ4v) is 1.24. The lowest BCUT2D eigenvalue weighted by atomic mass is 10.3. The lowest BCUT2D eigenvalue weighted by Gasteiger charge is -2.15. The molecular weight excluding hydrogens is 190 g/mol. The Morgan fingerprint density at radius 1 is 1.33 bits per heavy atom. The van der Waals surface area contributed by atoms with E-state index in [0.29, 0.717) is 12.1 Å². The summed E-state index contributed by atoms with van der Waals surface area (Å²) in [5.41, 5.74) is 0.980. The van der Waals surface area contributed by atoms with Gasteiger partial charge in [-0.15, -0.1) is 5.10 Å². The van der Waals surface area contributed by atoms with E-state index in [2.05, 4.69) is 41.7 Å². The molecule has 0 aliphatic heterocycles. The molecule has 0 aliphatic carbocycles. The second-order valence-corrected chi connectivity index (χ2v) is 4.23. The molecule has 0 saturated heterocycles. The van der Waals surface area contributed by atoms with E-state index in [9.17, 15) is 0 Å². The molecule has 2 N–H and O–H groups in total. The van der Waals surface area contributed by atoms with Crippen LogP contribution in [0.1, 0.15) is 26.5 Å². The van der Waals surface area contributed by atoms with Crippen molar-refractivity contribution in [1.82, 2.24) is 25.6 Å². The largest absolute Gasteiger partial charge is 0.313 e. The fourth-order valence-electron chi connectivity index (χ4n) is 1.24. The summed E-state index contributed by atoms with van der Waals surface area (Å²) >= 11 is 0. The zero-order valence-corrected chi connectivity index (χ0v) is 9.99. The first kappa shape index (κ1) is 12.1. The van der Waals surface area contributed by atoms with Gasteiger partial charge in [-0.05, 0) is 6.92 Å². The summed E-state index contributed by atoms with van der Waals surface area (Å²) in [6.45, 7) is 8.20. The molecule has 1 aromatic rings. The molecule has 1 rings (SSSR count). The minimum Gasteiger partial charge on any atom is -0.313 e. The highest BCUT2D eigenvalue weighted by Crippen LogP contribution is 1.91. The topological polar surface area (TPSA) is 54.8 Å². The Morgan fingerprint density at radius 3 is 2.60 bits per heavy atom. The number of hydrogen-bond donors (Lipinski definition) is 2. The molecule has 5 nitrogen and oxygen atoms in total. The maximum atomic E-state index is 4.01. The van der Waals surface area contributed by atoms with Gasteiger partial charge in [0, 0.05) is 38.4 Å². The normalized spacial score (nSPS) is 13.4. The third kappa shape index (κ3) is 4.90. The van der Waals surface area contributed by atoms with Crippen molar-refractivity contribution in [2.75, 3.05) is 6.54 Å². The van der Waals surface area contributed by atoms with Crippen LogP contribution in [0.4, 0.5) is 0 Å². The highest BCUT2D eigenvalue weighted by atomic mass is 15.4. The van der Waals surface area contributed by atoms with Gasteiger partial charge in [-0.3, -0.25) is 4.68 Å². The van der Waals surface area contributed by atoms with E-state index in [1.807, 2.05) is 13.2 Å². The Kier molecular flexibility index (Phi) is 4.71. The van der Waals surface area contributed by atoms with Gasteiger partial charge >= 0.3 is 0 Å². The van der Waals surface area contributed by atoms with Gasteiger partial charge in [0.05, 0.1) is 5.69 Å². The molecule has 0 amide bonds. The Morgan fingerprint density at radius 2 is 2.07 bits per heavy atom. The van der Waals surface area contributed by atoms with Crippen molar-refractivity contribution >= 4 is 0 Å². The minimum absolute atomic E-state index is 0.439. The summed E-state index contributed by atoms with van der Waals surface area (Å²) in [6, 6.07) is 0.972. The van der Waals surface area contributed by atoms with Gasteiger partial charge in [0.15, 0.2) is 0 Å². The number of aryl methyl sites for hydroxylation is 1. The van der Waals surface area contributed by atoms with Crippen LogP contribution in [0.3, 0.4) is 0 Å². The van der Waals surface area contributed by atoms with E-state index >= 15 is 0 Å². The molecule has 0 fully saturated rings. The molecule has 1 heterocycles. The van der Waals surface area contributed by atoms with Crippen LogP contribution in [0.15, 0.2) is 6.20 Å². The second kappa shape index (κ2) is 5.82. The molecule has 5 heteroatoms. The van der Waals surface area contributed by atoms with Gasteiger partial charge in [-0.25, -0.2) is 0 Å². The molecule has 0 saturated carbocycles. The Bertz CT molecular complexity index is 281. The van der Waals surface area contributed by atoms with Crippen LogP contribution in [0, 0.1) is 0 Å². The average Bonchev–Trinajstić information content (AvgIpc) is 2.58. The van der Waals surface area contributed by atoms with Crippen molar-refractivity contribution < 1.29 is 0 Å². The monoisotopic (exact) mass is 211 g/mol. The first-order valence-electron chi connectivity index (χ1n) is 5.40. The predicted molar refractivity (Wildman–Crippen MR) is 60.4 cm³/mol. The number of aromatic nitrogens is 3. The molecule has 86 valence electrons. The molecule has 1 aromatic heterocycles. The van der Waals surface area contributed by atoms with Crippen molar-refractivity contribution in [3.63, 3.8) is 0 Å². The van der Waals surface area contributed by atoms with Crippen molar-refractivity contribution in [3.8, 4) is 0 Å². The zero-order valence-electron chi connectivity index (χ0n) is 9.99. The molecule has 1 unspecified atom stereocenters. The smallest absolute Gasteiger partial charge is 0.0964 e. The van der Waals surface area contributed by atoms with Gasteiger partial charge in [0.1, 0.15) is 0 Å². The first-order chi connectivity index (χ1) is 7.08. The third-order valence-corrected chi connectivity index (χ3v) is 2.11. The molecule has 0 aliphatic rings. The van der Waals surface area contributed by atoms with Gasteiger partial charge in [-0.1, -0.05) is 19.1 Å². The van der Waals surface area contributed by atoms with Gasteiger partial charge in [0.25, 0.3) is 0 Å². The van der Waals surface area contributed by atoms with E-state index in [0.717, 1.165) is 18.8 Å². The van der Waals surface area contributed by atoms with E-state index in [4.69, 9.17) is 0 Å². The van der Waals surface area contributed by atoms with Crippen molar-refractivity contribution in [3.05, 3.63) is 11.9 Å². The second-order valence-electron chi connectivity index (χ2n) is 4.23. The van der Waals surface area contributed by atoms with E-state index < -0.39 is 0 Å². The van der Waals surface area contributed by atoms with Crippen molar-refractivity contribution in [2.45, 2.75) is 39.4 Å². The van der Waals surface area contributed by atoms with E-state index in [1.54, 1.807) is 4.68 Å². The third-order valence-electron chi connectivity index (χ3n) is 2.11. The first-order valence-corrected chi connectivity index (χ1v) is 5.40. The number of rotatable bonds is 6. The Hall–Kier alpha value is -0.940.